The maximum atomic E-state index is 11.2. The highest BCUT2D eigenvalue weighted by Crippen LogP contribution is 2.12. The number of hydrogen-bond acceptors (Lipinski definition) is 4. The molecule has 3 N–H and O–H groups in total. The van der Waals surface area contributed by atoms with Crippen molar-refractivity contribution in [1.82, 2.24) is 9.80 Å². The minimum atomic E-state index is -0.641. The van der Waals surface area contributed by atoms with Crippen molar-refractivity contribution in [3.8, 4) is 0 Å². The molecule has 5 heteroatoms. The number of benzene rings is 1. The van der Waals surface area contributed by atoms with Crippen molar-refractivity contribution >= 4 is 5.91 Å². The van der Waals surface area contributed by atoms with Gasteiger partial charge in [0, 0.05) is 44.8 Å². The highest BCUT2D eigenvalue weighted by atomic mass is 16.3. The van der Waals surface area contributed by atoms with Crippen LogP contribution in [0.3, 0.4) is 0 Å². The molecular formula is C16H25N3O2. The third-order valence-electron chi connectivity index (χ3n) is 3.69. The van der Waals surface area contributed by atoms with Crippen LogP contribution in [0.25, 0.3) is 0 Å². The van der Waals surface area contributed by atoms with Gasteiger partial charge in [-0.25, -0.2) is 0 Å². The van der Waals surface area contributed by atoms with Gasteiger partial charge >= 0.3 is 0 Å². The third-order valence-corrected chi connectivity index (χ3v) is 3.69. The van der Waals surface area contributed by atoms with Crippen LogP contribution < -0.4 is 5.73 Å². The average Bonchev–Trinajstić information content (AvgIpc) is 2.40. The van der Waals surface area contributed by atoms with Gasteiger partial charge in [0.1, 0.15) is 0 Å². The van der Waals surface area contributed by atoms with E-state index in [0.29, 0.717) is 12.1 Å². The highest BCUT2D eigenvalue weighted by molar-refractivity contribution is 5.92. The second kappa shape index (κ2) is 6.56. The van der Waals surface area contributed by atoms with Crippen LogP contribution in [-0.2, 0) is 6.54 Å². The van der Waals surface area contributed by atoms with Gasteiger partial charge in [0.25, 0.3) is 0 Å². The molecule has 21 heavy (non-hydrogen) atoms. The van der Waals surface area contributed by atoms with Crippen LogP contribution >= 0.6 is 0 Å². The lowest BCUT2D eigenvalue weighted by molar-refractivity contribution is 0.0167. The molecule has 1 aromatic rings. The molecular weight excluding hydrogens is 266 g/mol. The number of β-amino-alcohol motifs (C(OH)–C–C–N with tert-alkyl or cyclic N) is 1. The zero-order valence-electron chi connectivity index (χ0n) is 12.9. The second-order valence-corrected chi connectivity index (χ2v) is 6.43. The molecule has 0 radical (unpaired) electrons. The summed E-state index contributed by atoms with van der Waals surface area (Å²) in [6.07, 6.45) is 0. The lowest BCUT2D eigenvalue weighted by Gasteiger charge is -2.37. The van der Waals surface area contributed by atoms with E-state index in [1.165, 1.54) is 0 Å². The van der Waals surface area contributed by atoms with Gasteiger partial charge in [-0.3, -0.25) is 14.6 Å². The van der Waals surface area contributed by atoms with Crippen molar-refractivity contribution in [2.45, 2.75) is 26.0 Å². The van der Waals surface area contributed by atoms with Gasteiger partial charge in [-0.05, 0) is 31.5 Å². The Kier molecular flexibility index (Phi) is 4.98. The average molecular weight is 291 g/mol. The van der Waals surface area contributed by atoms with Crippen molar-refractivity contribution in [1.29, 1.82) is 0 Å². The molecule has 5 nitrogen and oxygen atoms in total. The van der Waals surface area contributed by atoms with Crippen molar-refractivity contribution in [2.24, 2.45) is 5.73 Å². The highest BCUT2D eigenvalue weighted by Gasteiger charge is 2.22. The molecule has 1 saturated heterocycles. The molecule has 1 aliphatic rings. The van der Waals surface area contributed by atoms with Gasteiger partial charge in [0.15, 0.2) is 0 Å². The largest absolute Gasteiger partial charge is 0.389 e. The third kappa shape index (κ3) is 5.12. The molecule has 2 rings (SSSR count). The quantitative estimate of drug-likeness (QED) is 0.837. The first-order chi connectivity index (χ1) is 9.83. The number of amides is 1. The Morgan fingerprint density at radius 1 is 1.24 bits per heavy atom. The summed E-state index contributed by atoms with van der Waals surface area (Å²) in [6.45, 7) is 9.08. The van der Waals surface area contributed by atoms with Gasteiger partial charge in [0.2, 0.25) is 5.91 Å². The lowest BCUT2D eigenvalue weighted by atomic mass is 10.1. The lowest BCUT2D eigenvalue weighted by Crippen LogP contribution is -2.50. The summed E-state index contributed by atoms with van der Waals surface area (Å²) < 4.78 is 0. The topological polar surface area (TPSA) is 69.8 Å². The number of nitrogens with two attached hydrogens (primary N) is 1. The second-order valence-electron chi connectivity index (χ2n) is 6.43. The van der Waals surface area contributed by atoms with E-state index < -0.39 is 5.60 Å². The molecule has 1 fully saturated rings. The molecule has 116 valence electrons. The summed E-state index contributed by atoms with van der Waals surface area (Å²) in [5.74, 6) is -0.383. The molecule has 1 aliphatic heterocycles. The Labute approximate surface area is 126 Å². The molecule has 0 aromatic heterocycles. The van der Waals surface area contributed by atoms with Crippen LogP contribution in [0.1, 0.15) is 29.8 Å². The van der Waals surface area contributed by atoms with E-state index in [0.717, 1.165) is 38.3 Å². The maximum Gasteiger partial charge on any atom is 0.248 e. The van der Waals surface area contributed by atoms with E-state index in [2.05, 4.69) is 9.80 Å². The van der Waals surface area contributed by atoms with E-state index in [9.17, 15) is 9.90 Å². The first-order valence-corrected chi connectivity index (χ1v) is 7.39. The molecule has 1 heterocycles. The number of rotatable bonds is 5. The minimum Gasteiger partial charge on any atom is -0.389 e. The summed E-state index contributed by atoms with van der Waals surface area (Å²) in [5, 5.41) is 9.85. The van der Waals surface area contributed by atoms with Gasteiger partial charge in [-0.2, -0.15) is 0 Å². The normalized spacial score (nSPS) is 17.9. The Hall–Kier alpha value is -1.43. The number of nitrogens with zero attached hydrogens (tertiary/aromatic N) is 2. The van der Waals surface area contributed by atoms with E-state index in [1.54, 1.807) is 6.07 Å². The summed E-state index contributed by atoms with van der Waals surface area (Å²) >= 11 is 0. The first kappa shape index (κ1) is 15.9. The van der Waals surface area contributed by atoms with Crippen molar-refractivity contribution < 1.29 is 9.90 Å². The van der Waals surface area contributed by atoms with Gasteiger partial charge in [-0.15, -0.1) is 0 Å². The number of piperazine rings is 1. The molecule has 0 aliphatic carbocycles. The zero-order chi connectivity index (χ0) is 15.5. The summed E-state index contributed by atoms with van der Waals surface area (Å²) in [6, 6.07) is 7.51. The number of hydrogen-bond donors (Lipinski definition) is 2. The van der Waals surface area contributed by atoms with Gasteiger partial charge in [-0.1, -0.05) is 12.1 Å². The molecule has 0 unspecified atom stereocenters. The summed E-state index contributed by atoms with van der Waals surface area (Å²) in [5.41, 5.74) is 6.35. The van der Waals surface area contributed by atoms with Crippen LogP contribution in [-0.4, -0.2) is 59.1 Å². The Bertz CT molecular complexity index is 489. The number of aliphatic hydroxyl groups is 1. The number of carbonyl (C=O) groups is 1. The van der Waals surface area contributed by atoms with Crippen molar-refractivity contribution in [3.05, 3.63) is 35.4 Å². The molecule has 1 amide bonds. The predicted molar refractivity (Wildman–Crippen MR) is 83.0 cm³/mol. The van der Waals surface area contributed by atoms with Gasteiger partial charge in [0.05, 0.1) is 5.60 Å². The summed E-state index contributed by atoms with van der Waals surface area (Å²) in [7, 11) is 0. The SMILES string of the molecule is CC(C)(O)CN1CCN(Cc2cccc(C(N)=O)c2)CC1. The maximum absolute atomic E-state index is 11.2. The first-order valence-electron chi connectivity index (χ1n) is 7.39. The standard InChI is InChI=1S/C16H25N3O2/c1-16(2,21)12-19-8-6-18(7-9-19)11-13-4-3-5-14(10-13)15(17)20/h3-5,10,21H,6-9,11-12H2,1-2H3,(H2,17,20). The summed E-state index contributed by atoms with van der Waals surface area (Å²) in [4.78, 5) is 15.8. The van der Waals surface area contributed by atoms with E-state index in [1.807, 2.05) is 32.0 Å². The van der Waals surface area contributed by atoms with Crippen molar-refractivity contribution in [2.75, 3.05) is 32.7 Å². The van der Waals surface area contributed by atoms with Crippen LogP contribution in [0, 0.1) is 0 Å². The van der Waals surface area contributed by atoms with E-state index >= 15 is 0 Å². The van der Waals surface area contributed by atoms with Crippen LogP contribution in [0.5, 0.6) is 0 Å². The molecule has 0 atom stereocenters. The predicted octanol–water partition coefficient (Wildman–Crippen LogP) is 0.674. The zero-order valence-corrected chi connectivity index (χ0v) is 12.9. The molecule has 0 spiro atoms. The fourth-order valence-corrected chi connectivity index (χ4v) is 2.73. The fourth-order valence-electron chi connectivity index (χ4n) is 2.73. The number of carbonyl (C=O) groups excluding carboxylic acids is 1. The fraction of sp³-hybridized carbons (Fsp3) is 0.562. The van der Waals surface area contributed by atoms with Crippen molar-refractivity contribution in [3.63, 3.8) is 0 Å². The van der Waals surface area contributed by atoms with E-state index in [4.69, 9.17) is 5.73 Å². The van der Waals surface area contributed by atoms with Crippen LogP contribution in [0.15, 0.2) is 24.3 Å². The smallest absolute Gasteiger partial charge is 0.248 e. The molecule has 0 saturated carbocycles. The molecule has 0 bridgehead atoms. The van der Waals surface area contributed by atoms with Crippen LogP contribution in [0.4, 0.5) is 0 Å². The minimum absolute atomic E-state index is 0.383. The van der Waals surface area contributed by atoms with E-state index in [-0.39, 0.29) is 5.91 Å². The van der Waals surface area contributed by atoms with Gasteiger partial charge < -0.3 is 10.8 Å². The Balaban J connectivity index is 1.86. The Morgan fingerprint density at radius 3 is 2.43 bits per heavy atom. The monoisotopic (exact) mass is 291 g/mol. The molecule has 1 aromatic carbocycles. The Morgan fingerprint density at radius 2 is 1.86 bits per heavy atom. The number of primary amides is 1. The van der Waals surface area contributed by atoms with Crippen LogP contribution in [0.2, 0.25) is 0 Å².